The van der Waals surface area contributed by atoms with E-state index in [9.17, 15) is 14.4 Å². The maximum absolute atomic E-state index is 13.9. The Hall–Kier alpha value is -2.47. The predicted molar refractivity (Wildman–Crippen MR) is 124 cm³/mol. The van der Waals surface area contributed by atoms with Gasteiger partial charge in [0.15, 0.2) is 11.2 Å². The van der Waals surface area contributed by atoms with E-state index < -0.39 is 22.7 Å². The van der Waals surface area contributed by atoms with Gasteiger partial charge in [0, 0.05) is 34.6 Å². The number of rotatable bonds is 4. The molecule has 0 aromatic heterocycles. The second kappa shape index (κ2) is 7.55. The molecule has 0 radical (unpaired) electrons. The van der Waals surface area contributed by atoms with Crippen molar-refractivity contribution in [1.29, 1.82) is 0 Å². The van der Waals surface area contributed by atoms with Gasteiger partial charge in [-0.3, -0.25) is 14.4 Å². The largest absolute Gasteiger partial charge is 0.425 e. The van der Waals surface area contributed by atoms with E-state index in [-0.39, 0.29) is 11.7 Å². The summed E-state index contributed by atoms with van der Waals surface area (Å²) >= 11 is 3.50. The highest BCUT2D eigenvalue weighted by Gasteiger charge is 2.88. The lowest BCUT2D eigenvalue weighted by Crippen LogP contribution is -2.49. The van der Waals surface area contributed by atoms with E-state index in [1.807, 2.05) is 30.3 Å². The van der Waals surface area contributed by atoms with Crippen molar-refractivity contribution < 1.29 is 19.1 Å². The van der Waals surface area contributed by atoms with E-state index >= 15 is 0 Å². The molecule has 1 saturated heterocycles. The molecule has 2 fully saturated rings. The number of fused-ring (bicyclic) bond motifs is 3. The van der Waals surface area contributed by atoms with Gasteiger partial charge in [-0.1, -0.05) is 47.1 Å². The molecule has 32 heavy (non-hydrogen) atoms. The lowest BCUT2D eigenvalue weighted by molar-refractivity contribution is -0.154. The summed E-state index contributed by atoms with van der Waals surface area (Å²) < 4.78 is 6.54. The van der Waals surface area contributed by atoms with E-state index in [1.54, 1.807) is 24.0 Å². The van der Waals surface area contributed by atoms with E-state index in [4.69, 9.17) is 4.74 Å². The molecule has 2 aliphatic heterocycles. The Morgan fingerprint density at radius 1 is 1.09 bits per heavy atom. The summed E-state index contributed by atoms with van der Waals surface area (Å²) in [6.45, 7) is 5.06. The normalized spacial score (nSPS) is 28.4. The lowest BCUT2D eigenvalue weighted by Gasteiger charge is -2.32. The number of nitrogens with zero attached hydrogens (tertiary/aromatic N) is 1. The zero-order valence-corrected chi connectivity index (χ0v) is 19.9. The van der Waals surface area contributed by atoms with Crippen LogP contribution in [0, 0.1) is 10.8 Å². The maximum atomic E-state index is 13.9. The van der Waals surface area contributed by atoms with Gasteiger partial charge in [0.1, 0.15) is 5.75 Å². The molecule has 166 valence electrons. The standard InChI is InChI=1S/C26H26BrNO4/c1-3-16-7-9-17(10-8-16)22(29)25(2)21-19-15-18(27)11-12-20(19)32-24(31)26(21,25)23(30)28-13-5-4-6-14-28/h7-12,15,21H,3-6,13-14H2,1-2H3/t21-,25-,26-/m0/s1. The fourth-order valence-electron chi connectivity index (χ4n) is 5.79. The van der Waals surface area contributed by atoms with Crippen molar-refractivity contribution in [3.05, 3.63) is 63.6 Å². The minimum Gasteiger partial charge on any atom is -0.425 e. The van der Waals surface area contributed by atoms with Crippen LogP contribution in [-0.2, 0) is 16.0 Å². The Bertz CT molecular complexity index is 1120. The lowest BCUT2D eigenvalue weighted by atomic mass is 9.85. The van der Waals surface area contributed by atoms with Crippen LogP contribution in [0.4, 0.5) is 0 Å². The smallest absolute Gasteiger partial charge is 0.328 e. The molecule has 6 heteroatoms. The van der Waals surface area contributed by atoms with E-state index in [0.717, 1.165) is 41.3 Å². The Morgan fingerprint density at radius 2 is 1.78 bits per heavy atom. The number of carbonyl (C=O) groups excluding carboxylic acids is 3. The molecule has 2 aromatic carbocycles. The molecular formula is C26H26BrNO4. The summed E-state index contributed by atoms with van der Waals surface area (Å²) in [6.07, 6.45) is 3.76. The van der Waals surface area contributed by atoms with Crippen LogP contribution in [0.2, 0.25) is 0 Å². The van der Waals surface area contributed by atoms with Gasteiger partial charge in [-0.2, -0.15) is 0 Å². The third-order valence-corrected chi connectivity index (χ3v) is 8.12. The van der Waals surface area contributed by atoms with Gasteiger partial charge in [-0.15, -0.1) is 0 Å². The molecule has 0 N–H and O–H groups in total. The number of hydrogen-bond acceptors (Lipinski definition) is 4. The maximum Gasteiger partial charge on any atom is 0.328 e. The number of aryl methyl sites for hydroxylation is 1. The van der Waals surface area contributed by atoms with Crippen LogP contribution in [0.15, 0.2) is 46.9 Å². The highest BCUT2D eigenvalue weighted by molar-refractivity contribution is 9.10. The van der Waals surface area contributed by atoms with Crippen LogP contribution in [0.25, 0.3) is 0 Å². The number of carbonyl (C=O) groups is 3. The first-order chi connectivity index (χ1) is 15.4. The summed E-state index contributed by atoms with van der Waals surface area (Å²) in [4.78, 5) is 43.1. The number of ketones is 1. The van der Waals surface area contributed by atoms with Crippen LogP contribution >= 0.6 is 15.9 Å². The molecule has 2 aromatic rings. The van der Waals surface area contributed by atoms with Crippen molar-refractivity contribution in [1.82, 2.24) is 4.90 Å². The number of amides is 1. The molecule has 3 atom stereocenters. The molecule has 0 unspecified atom stereocenters. The van der Waals surface area contributed by atoms with Crippen molar-refractivity contribution in [3.63, 3.8) is 0 Å². The van der Waals surface area contributed by atoms with E-state index in [2.05, 4.69) is 22.9 Å². The third kappa shape index (κ3) is 2.78. The van der Waals surface area contributed by atoms with Gasteiger partial charge in [-0.25, -0.2) is 0 Å². The average Bonchev–Trinajstić information content (AvgIpc) is 3.42. The molecule has 3 aliphatic rings. The number of hydrogen-bond donors (Lipinski definition) is 0. The molecule has 0 bridgehead atoms. The first-order valence-corrected chi connectivity index (χ1v) is 12.1. The van der Waals surface area contributed by atoms with Crippen molar-refractivity contribution in [2.24, 2.45) is 10.8 Å². The minimum atomic E-state index is -1.52. The average molecular weight is 496 g/mol. The van der Waals surface area contributed by atoms with Gasteiger partial charge >= 0.3 is 5.97 Å². The van der Waals surface area contributed by atoms with Gasteiger partial charge < -0.3 is 9.64 Å². The van der Waals surface area contributed by atoms with Crippen LogP contribution in [0.5, 0.6) is 5.75 Å². The van der Waals surface area contributed by atoms with Crippen LogP contribution in [-0.4, -0.2) is 35.6 Å². The number of halogens is 1. The monoisotopic (exact) mass is 495 g/mol. The molecular weight excluding hydrogens is 470 g/mol. The number of piperidine rings is 1. The second-order valence-electron chi connectivity index (χ2n) is 9.25. The highest BCUT2D eigenvalue weighted by atomic mass is 79.9. The molecule has 0 spiro atoms. The van der Waals surface area contributed by atoms with Crippen molar-refractivity contribution in [2.45, 2.75) is 45.4 Å². The molecule has 1 saturated carbocycles. The SMILES string of the molecule is CCc1ccc(C(=O)[C@]2(C)[C@@H]3c4cc(Br)ccc4OC(=O)[C@@]32C(=O)N2CCCCC2)cc1. The number of Topliss-reactive ketones (excluding diaryl/α,β-unsaturated/α-hetero) is 1. The summed E-state index contributed by atoms with van der Waals surface area (Å²) in [5.74, 6) is -1.16. The van der Waals surface area contributed by atoms with E-state index in [0.29, 0.717) is 24.4 Å². The highest BCUT2D eigenvalue weighted by Crippen LogP contribution is 2.78. The Morgan fingerprint density at radius 3 is 2.44 bits per heavy atom. The fourth-order valence-corrected chi connectivity index (χ4v) is 6.17. The van der Waals surface area contributed by atoms with Gasteiger partial charge in [0.25, 0.3) is 0 Å². The molecule has 1 amide bonds. The third-order valence-electron chi connectivity index (χ3n) is 7.63. The van der Waals surface area contributed by atoms with Crippen molar-refractivity contribution in [3.8, 4) is 5.75 Å². The first-order valence-electron chi connectivity index (χ1n) is 11.3. The zero-order valence-electron chi connectivity index (χ0n) is 18.3. The predicted octanol–water partition coefficient (Wildman–Crippen LogP) is 4.92. The number of benzene rings is 2. The quantitative estimate of drug-likeness (QED) is 0.261. The van der Waals surface area contributed by atoms with Crippen molar-refractivity contribution in [2.75, 3.05) is 13.1 Å². The fraction of sp³-hybridized carbons (Fsp3) is 0.423. The van der Waals surface area contributed by atoms with Crippen molar-refractivity contribution >= 4 is 33.6 Å². The molecule has 5 nitrogen and oxygen atoms in total. The van der Waals surface area contributed by atoms with Crippen LogP contribution in [0.1, 0.15) is 60.5 Å². The van der Waals surface area contributed by atoms with Gasteiger partial charge in [-0.05, 0) is 56.4 Å². The first kappa shape index (κ1) is 21.4. The summed E-state index contributed by atoms with van der Waals surface area (Å²) in [5.41, 5.74) is -0.316. The molecule has 2 heterocycles. The number of ether oxygens (including phenoxy) is 1. The van der Waals surface area contributed by atoms with Crippen LogP contribution in [0.3, 0.4) is 0 Å². The molecule has 5 rings (SSSR count). The summed E-state index contributed by atoms with van der Waals surface area (Å²) in [5, 5.41) is 0. The second-order valence-corrected chi connectivity index (χ2v) is 10.2. The van der Waals surface area contributed by atoms with Gasteiger partial charge in [0.2, 0.25) is 5.91 Å². The van der Waals surface area contributed by atoms with E-state index in [1.165, 1.54) is 0 Å². The Kier molecular flexibility index (Phi) is 5.04. The zero-order chi connectivity index (χ0) is 22.7. The minimum absolute atomic E-state index is 0.180. The Labute approximate surface area is 196 Å². The number of esters is 1. The molecule has 1 aliphatic carbocycles. The summed E-state index contributed by atoms with van der Waals surface area (Å²) in [6, 6.07) is 12.9. The number of likely N-dealkylation sites (tertiary alicyclic amines) is 1. The van der Waals surface area contributed by atoms with Crippen LogP contribution < -0.4 is 4.74 Å². The topological polar surface area (TPSA) is 63.7 Å². The summed E-state index contributed by atoms with van der Waals surface area (Å²) in [7, 11) is 0. The Balaban J connectivity index is 1.64. The van der Waals surface area contributed by atoms with Gasteiger partial charge in [0.05, 0.1) is 5.41 Å².